The molecule has 0 bridgehead atoms. The summed E-state index contributed by atoms with van der Waals surface area (Å²) in [5, 5.41) is 19.2. The van der Waals surface area contributed by atoms with Crippen molar-refractivity contribution in [1.82, 2.24) is 0 Å². The van der Waals surface area contributed by atoms with Gasteiger partial charge in [-0.1, -0.05) is 33.8 Å². The quantitative estimate of drug-likeness (QED) is 0.449. The van der Waals surface area contributed by atoms with Gasteiger partial charge in [0.2, 0.25) is 0 Å². The maximum Gasteiger partial charge on any atom is 0.308 e. The standard InChI is InChI=1S/C19H32O7/c1-6-13(9-16(20)21)24-17(22)10-14(7-2)25-19-12(5)18(23)11(4)15(8-3)26-19/h8,11-15,18-19,23H,3,6-7,9-10H2,1-2,4-5H3,(H,20,21). The third-order valence-corrected chi connectivity index (χ3v) is 4.88. The molecular weight excluding hydrogens is 340 g/mol. The van der Waals surface area contributed by atoms with Crippen molar-refractivity contribution in [2.24, 2.45) is 11.8 Å². The molecular formula is C19H32O7. The molecule has 1 saturated heterocycles. The van der Waals surface area contributed by atoms with Gasteiger partial charge in [-0.2, -0.15) is 0 Å². The van der Waals surface area contributed by atoms with Crippen molar-refractivity contribution in [2.75, 3.05) is 0 Å². The molecule has 0 aliphatic carbocycles. The highest BCUT2D eigenvalue weighted by Crippen LogP contribution is 2.32. The number of ether oxygens (including phenoxy) is 3. The molecule has 0 spiro atoms. The van der Waals surface area contributed by atoms with Crippen LogP contribution in [0, 0.1) is 11.8 Å². The summed E-state index contributed by atoms with van der Waals surface area (Å²) in [6.45, 7) is 11.1. The van der Waals surface area contributed by atoms with Gasteiger partial charge >= 0.3 is 11.9 Å². The van der Waals surface area contributed by atoms with Crippen LogP contribution >= 0.6 is 0 Å². The minimum atomic E-state index is -1.00. The van der Waals surface area contributed by atoms with Gasteiger partial charge in [0.15, 0.2) is 6.29 Å². The molecule has 7 unspecified atom stereocenters. The molecule has 7 heteroatoms. The largest absolute Gasteiger partial charge is 0.481 e. The lowest BCUT2D eigenvalue weighted by molar-refractivity contribution is -0.266. The smallest absolute Gasteiger partial charge is 0.308 e. The number of carboxylic acids is 1. The van der Waals surface area contributed by atoms with Crippen LogP contribution in [0.1, 0.15) is 53.4 Å². The van der Waals surface area contributed by atoms with Crippen LogP contribution in [0.5, 0.6) is 0 Å². The fourth-order valence-electron chi connectivity index (χ4n) is 3.03. The molecule has 2 N–H and O–H groups in total. The lowest BCUT2D eigenvalue weighted by atomic mass is 9.86. The first-order chi connectivity index (χ1) is 12.2. The maximum atomic E-state index is 12.1. The average Bonchev–Trinajstić information content (AvgIpc) is 2.60. The Hall–Kier alpha value is -1.44. The van der Waals surface area contributed by atoms with Crippen molar-refractivity contribution < 1.29 is 34.0 Å². The molecule has 1 aliphatic heterocycles. The summed E-state index contributed by atoms with van der Waals surface area (Å²) in [7, 11) is 0. The summed E-state index contributed by atoms with van der Waals surface area (Å²) in [6.07, 6.45) is -0.232. The first kappa shape index (κ1) is 22.6. The molecule has 0 aromatic rings. The molecule has 1 aliphatic rings. The van der Waals surface area contributed by atoms with E-state index in [2.05, 4.69) is 6.58 Å². The van der Waals surface area contributed by atoms with E-state index in [0.717, 1.165) is 0 Å². The van der Waals surface area contributed by atoms with Gasteiger partial charge in [-0.25, -0.2) is 0 Å². The van der Waals surface area contributed by atoms with Gasteiger partial charge in [0, 0.05) is 11.8 Å². The van der Waals surface area contributed by atoms with Gasteiger partial charge in [0.25, 0.3) is 0 Å². The third kappa shape index (κ3) is 6.37. The molecule has 26 heavy (non-hydrogen) atoms. The number of rotatable bonds is 10. The third-order valence-electron chi connectivity index (χ3n) is 4.88. The molecule has 7 atom stereocenters. The lowest BCUT2D eigenvalue weighted by Crippen LogP contribution is -2.50. The monoisotopic (exact) mass is 372 g/mol. The lowest BCUT2D eigenvalue weighted by Gasteiger charge is -2.42. The highest BCUT2D eigenvalue weighted by atomic mass is 16.7. The second-order valence-electron chi connectivity index (χ2n) is 6.90. The zero-order valence-corrected chi connectivity index (χ0v) is 16.1. The Morgan fingerprint density at radius 1 is 1.15 bits per heavy atom. The summed E-state index contributed by atoms with van der Waals surface area (Å²) >= 11 is 0. The van der Waals surface area contributed by atoms with E-state index in [1.165, 1.54) is 0 Å². The van der Waals surface area contributed by atoms with Gasteiger partial charge in [-0.15, -0.1) is 6.58 Å². The van der Waals surface area contributed by atoms with Crippen molar-refractivity contribution in [3.05, 3.63) is 12.7 Å². The second-order valence-corrected chi connectivity index (χ2v) is 6.90. The number of esters is 1. The van der Waals surface area contributed by atoms with E-state index in [0.29, 0.717) is 12.8 Å². The summed E-state index contributed by atoms with van der Waals surface area (Å²) in [4.78, 5) is 22.9. The topological polar surface area (TPSA) is 102 Å². The summed E-state index contributed by atoms with van der Waals surface area (Å²) in [5.74, 6) is -1.84. The summed E-state index contributed by atoms with van der Waals surface area (Å²) in [5.41, 5.74) is 0. The van der Waals surface area contributed by atoms with Crippen LogP contribution in [0.3, 0.4) is 0 Å². The number of hydrogen-bond acceptors (Lipinski definition) is 6. The van der Waals surface area contributed by atoms with Gasteiger partial charge < -0.3 is 24.4 Å². The van der Waals surface area contributed by atoms with Crippen molar-refractivity contribution >= 4 is 11.9 Å². The van der Waals surface area contributed by atoms with Gasteiger partial charge in [-0.3, -0.25) is 9.59 Å². The SMILES string of the molecule is C=CC1OC(OC(CC)CC(=O)OC(CC)CC(=O)O)C(C)C(O)C1C. The first-order valence-electron chi connectivity index (χ1n) is 9.26. The van der Waals surface area contributed by atoms with E-state index in [-0.39, 0.29) is 30.8 Å². The Morgan fingerprint density at radius 2 is 1.77 bits per heavy atom. The van der Waals surface area contributed by atoms with Crippen molar-refractivity contribution in [2.45, 2.75) is 84.1 Å². The molecule has 1 rings (SSSR count). The zero-order valence-electron chi connectivity index (χ0n) is 16.1. The average molecular weight is 372 g/mol. The summed E-state index contributed by atoms with van der Waals surface area (Å²) < 4.78 is 17.0. The molecule has 0 aromatic carbocycles. The van der Waals surface area contributed by atoms with Crippen LogP contribution in [-0.4, -0.2) is 52.9 Å². The van der Waals surface area contributed by atoms with Crippen LogP contribution in [0.15, 0.2) is 12.7 Å². The molecule has 0 aromatic heterocycles. The van der Waals surface area contributed by atoms with Crippen molar-refractivity contribution in [1.29, 1.82) is 0 Å². The Labute approximate surface area is 155 Å². The van der Waals surface area contributed by atoms with Crippen LogP contribution in [0.2, 0.25) is 0 Å². The van der Waals surface area contributed by atoms with Crippen LogP contribution < -0.4 is 0 Å². The molecule has 1 heterocycles. The highest BCUT2D eigenvalue weighted by Gasteiger charge is 2.41. The number of aliphatic hydroxyl groups is 1. The normalized spacial score (nSPS) is 31.0. The predicted octanol–water partition coefficient (Wildman–Crippen LogP) is 2.51. The van der Waals surface area contributed by atoms with Crippen LogP contribution in [0.25, 0.3) is 0 Å². The van der Waals surface area contributed by atoms with Gasteiger partial charge in [-0.05, 0) is 12.8 Å². The number of carboxylic acid groups (broad SMARTS) is 1. The van der Waals surface area contributed by atoms with Crippen molar-refractivity contribution in [3.8, 4) is 0 Å². The highest BCUT2D eigenvalue weighted by molar-refractivity contribution is 5.71. The number of aliphatic carboxylic acids is 1. The molecule has 1 fully saturated rings. The number of aliphatic hydroxyl groups excluding tert-OH is 1. The zero-order chi connectivity index (χ0) is 19.9. The maximum absolute atomic E-state index is 12.1. The van der Waals surface area contributed by atoms with E-state index in [9.17, 15) is 14.7 Å². The molecule has 0 amide bonds. The van der Waals surface area contributed by atoms with E-state index < -0.39 is 36.5 Å². The van der Waals surface area contributed by atoms with E-state index in [1.54, 1.807) is 13.0 Å². The number of carbonyl (C=O) groups excluding carboxylic acids is 1. The van der Waals surface area contributed by atoms with E-state index >= 15 is 0 Å². The van der Waals surface area contributed by atoms with Crippen LogP contribution in [0.4, 0.5) is 0 Å². The molecule has 0 radical (unpaired) electrons. The van der Waals surface area contributed by atoms with E-state index in [1.807, 2.05) is 20.8 Å². The fraction of sp³-hybridized carbons (Fsp3) is 0.789. The van der Waals surface area contributed by atoms with Crippen molar-refractivity contribution in [3.63, 3.8) is 0 Å². The van der Waals surface area contributed by atoms with Gasteiger partial charge in [0.1, 0.15) is 6.10 Å². The van der Waals surface area contributed by atoms with E-state index in [4.69, 9.17) is 19.3 Å². The molecule has 0 saturated carbocycles. The second kappa shape index (κ2) is 10.6. The fourth-order valence-corrected chi connectivity index (χ4v) is 3.03. The number of carbonyl (C=O) groups is 2. The first-order valence-corrected chi connectivity index (χ1v) is 9.26. The predicted molar refractivity (Wildman–Crippen MR) is 95.4 cm³/mol. The Balaban J connectivity index is 2.64. The molecule has 150 valence electrons. The Bertz CT molecular complexity index is 479. The number of hydrogen-bond donors (Lipinski definition) is 2. The van der Waals surface area contributed by atoms with Crippen LogP contribution in [-0.2, 0) is 23.8 Å². The minimum absolute atomic E-state index is 0.00358. The Morgan fingerprint density at radius 3 is 2.27 bits per heavy atom. The Kier molecular flexibility index (Phi) is 9.25. The molecule has 7 nitrogen and oxygen atoms in total. The van der Waals surface area contributed by atoms with Gasteiger partial charge in [0.05, 0.1) is 31.2 Å². The minimum Gasteiger partial charge on any atom is -0.481 e. The summed E-state index contributed by atoms with van der Waals surface area (Å²) in [6, 6.07) is 0.